The van der Waals surface area contributed by atoms with Gasteiger partial charge in [-0.1, -0.05) is 27.7 Å². The second-order valence-corrected chi connectivity index (χ2v) is 5.95. The van der Waals surface area contributed by atoms with Crippen molar-refractivity contribution in [3.8, 4) is 24.2 Å². The molecule has 0 aliphatic carbocycles. The summed E-state index contributed by atoms with van der Waals surface area (Å²) in [5, 5.41) is 17.5. The van der Waals surface area contributed by atoms with E-state index in [4.69, 9.17) is 16.6 Å². The highest BCUT2D eigenvalue weighted by molar-refractivity contribution is 4.98. The predicted molar refractivity (Wildman–Crippen MR) is 77.9 cm³/mol. The highest BCUT2D eigenvalue weighted by Gasteiger charge is 2.14. The first-order valence-electron chi connectivity index (χ1n) is 6.29. The Morgan fingerprint density at radius 1 is 1.00 bits per heavy atom. The van der Waals surface area contributed by atoms with Crippen LogP contribution in [-0.4, -0.2) is 23.4 Å². The Labute approximate surface area is 113 Å². The van der Waals surface area contributed by atoms with Crippen LogP contribution in [-0.2, 0) is 0 Å². The van der Waals surface area contributed by atoms with Gasteiger partial charge in [-0.25, -0.2) is 0 Å². The van der Waals surface area contributed by atoms with E-state index in [1.807, 2.05) is 34.6 Å². The average Bonchev–Trinajstić information content (AvgIpc) is 2.35. The summed E-state index contributed by atoms with van der Waals surface area (Å²) in [7, 11) is 0. The molecular weight excluding hydrogens is 224 g/mol. The van der Waals surface area contributed by atoms with Crippen molar-refractivity contribution in [1.29, 1.82) is 0 Å². The molecule has 0 bridgehead atoms. The SMILES string of the molecule is C#CCCC(C)(C)CO.CC#CCC(C)(C)CO. The predicted octanol–water partition coefficient (Wildman–Crippen LogP) is 2.84. The van der Waals surface area contributed by atoms with Crippen LogP contribution in [0.3, 0.4) is 0 Å². The van der Waals surface area contributed by atoms with Gasteiger partial charge in [0.1, 0.15) is 0 Å². The lowest BCUT2D eigenvalue weighted by molar-refractivity contribution is 0.152. The van der Waals surface area contributed by atoms with Gasteiger partial charge in [-0.2, -0.15) is 0 Å². The first kappa shape index (κ1) is 19.4. The zero-order valence-electron chi connectivity index (χ0n) is 12.5. The first-order valence-corrected chi connectivity index (χ1v) is 6.29. The summed E-state index contributed by atoms with van der Waals surface area (Å²) in [5.74, 6) is 8.27. The van der Waals surface area contributed by atoms with Crippen LogP contribution < -0.4 is 0 Å². The molecule has 2 heteroatoms. The Balaban J connectivity index is 0. The summed E-state index contributed by atoms with van der Waals surface area (Å²) in [6.45, 7) is 10.2. The quantitative estimate of drug-likeness (QED) is 0.739. The minimum atomic E-state index is -0.0248. The molecule has 0 rings (SSSR count). The molecule has 0 aliphatic heterocycles. The normalized spacial score (nSPS) is 10.6. The molecule has 2 N–H and O–H groups in total. The third kappa shape index (κ3) is 13.1. The number of aliphatic hydroxyl groups is 2. The molecule has 104 valence electrons. The van der Waals surface area contributed by atoms with Crippen LogP contribution in [0.1, 0.15) is 53.9 Å². The van der Waals surface area contributed by atoms with E-state index in [9.17, 15) is 0 Å². The molecule has 0 saturated carbocycles. The van der Waals surface area contributed by atoms with Crippen molar-refractivity contribution in [2.45, 2.75) is 53.9 Å². The molecule has 0 amide bonds. The lowest BCUT2D eigenvalue weighted by Crippen LogP contribution is -2.15. The molecule has 0 heterocycles. The number of rotatable bonds is 5. The van der Waals surface area contributed by atoms with Gasteiger partial charge in [-0.15, -0.1) is 24.2 Å². The molecule has 0 aromatic heterocycles. The van der Waals surface area contributed by atoms with E-state index in [2.05, 4.69) is 17.8 Å². The second-order valence-electron chi connectivity index (χ2n) is 5.95. The molecule has 0 aromatic carbocycles. The van der Waals surface area contributed by atoms with Crippen molar-refractivity contribution in [2.75, 3.05) is 13.2 Å². The van der Waals surface area contributed by atoms with Gasteiger partial charge in [-0.3, -0.25) is 0 Å². The lowest BCUT2D eigenvalue weighted by atomic mass is 9.89. The zero-order valence-corrected chi connectivity index (χ0v) is 12.5. The maximum Gasteiger partial charge on any atom is 0.0491 e. The van der Waals surface area contributed by atoms with E-state index in [-0.39, 0.29) is 24.0 Å². The van der Waals surface area contributed by atoms with E-state index < -0.39 is 0 Å². The van der Waals surface area contributed by atoms with Crippen molar-refractivity contribution >= 4 is 0 Å². The number of terminal acetylenes is 1. The Hall–Kier alpha value is -0.960. The number of aliphatic hydroxyl groups excluding tert-OH is 2. The van der Waals surface area contributed by atoms with E-state index in [0.717, 1.165) is 19.3 Å². The fourth-order valence-corrected chi connectivity index (χ4v) is 0.873. The van der Waals surface area contributed by atoms with Crippen molar-refractivity contribution in [1.82, 2.24) is 0 Å². The topological polar surface area (TPSA) is 40.5 Å². The Kier molecular flexibility index (Phi) is 10.8. The van der Waals surface area contributed by atoms with Gasteiger partial charge in [-0.05, 0) is 24.2 Å². The molecule has 0 radical (unpaired) electrons. The Morgan fingerprint density at radius 3 is 1.83 bits per heavy atom. The molecule has 0 spiro atoms. The summed E-state index contributed by atoms with van der Waals surface area (Å²) in [5.41, 5.74) is -0.0185. The van der Waals surface area contributed by atoms with Crippen molar-refractivity contribution in [3.05, 3.63) is 0 Å². The average molecular weight is 252 g/mol. The van der Waals surface area contributed by atoms with Gasteiger partial charge >= 0.3 is 0 Å². The summed E-state index contributed by atoms with van der Waals surface area (Å²) < 4.78 is 0. The minimum Gasteiger partial charge on any atom is -0.396 e. The summed E-state index contributed by atoms with van der Waals surface area (Å²) in [6, 6.07) is 0. The Morgan fingerprint density at radius 2 is 1.50 bits per heavy atom. The van der Waals surface area contributed by atoms with E-state index >= 15 is 0 Å². The van der Waals surface area contributed by atoms with Crippen LogP contribution in [0.5, 0.6) is 0 Å². The van der Waals surface area contributed by atoms with Crippen molar-refractivity contribution < 1.29 is 10.2 Å². The maximum atomic E-state index is 8.75. The fraction of sp³-hybridized carbons (Fsp3) is 0.750. The van der Waals surface area contributed by atoms with Gasteiger partial charge in [0, 0.05) is 26.1 Å². The third-order valence-corrected chi connectivity index (χ3v) is 2.55. The molecule has 0 atom stereocenters. The van der Waals surface area contributed by atoms with Gasteiger partial charge < -0.3 is 10.2 Å². The van der Waals surface area contributed by atoms with Crippen LogP contribution in [0.25, 0.3) is 0 Å². The highest BCUT2D eigenvalue weighted by Crippen LogP contribution is 2.20. The van der Waals surface area contributed by atoms with Crippen LogP contribution >= 0.6 is 0 Å². The second kappa shape index (κ2) is 10.0. The standard InChI is InChI=1S/2C8H14O/c2*1-4-5-6-8(2,3)7-9/h9H,6-7H2,1-3H3;1,9H,5-7H2,2-3H3. The fourth-order valence-electron chi connectivity index (χ4n) is 0.873. The summed E-state index contributed by atoms with van der Waals surface area (Å²) >= 11 is 0. The molecule has 18 heavy (non-hydrogen) atoms. The zero-order chi connectivity index (χ0) is 14.7. The van der Waals surface area contributed by atoms with Crippen molar-refractivity contribution in [2.24, 2.45) is 10.8 Å². The monoisotopic (exact) mass is 252 g/mol. The molecule has 0 saturated heterocycles. The van der Waals surface area contributed by atoms with Crippen LogP contribution in [0.2, 0.25) is 0 Å². The first-order chi connectivity index (χ1) is 8.24. The van der Waals surface area contributed by atoms with E-state index in [1.54, 1.807) is 0 Å². The molecule has 0 aromatic rings. The summed E-state index contributed by atoms with van der Waals surface area (Å²) in [6.07, 6.45) is 7.50. The van der Waals surface area contributed by atoms with Crippen LogP contribution in [0.15, 0.2) is 0 Å². The third-order valence-electron chi connectivity index (χ3n) is 2.55. The number of hydrogen-bond acceptors (Lipinski definition) is 2. The van der Waals surface area contributed by atoms with Gasteiger partial charge in [0.25, 0.3) is 0 Å². The van der Waals surface area contributed by atoms with Crippen LogP contribution in [0, 0.1) is 35.0 Å². The lowest BCUT2D eigenvalue weighted by Gasteiger charge is -2.19. The smallest absolute Gasteiger partial charge is 0.0491 e. The number of hydrogen-bond donors (Lipinski definition) is 2. The summed E-state index contributed by atoms with van der Waals surface area (Å²) in [4.78, 5) is 0. The Bertz CT molecular complexity index is 297. The van der Waals surface area contributed by atoms with E-state index in [0.29, 0.717) is 0 Å². The highest BCUT2D eigenvalue weighted by atomic mass is 16.3. The molecule has 2 nitrogen and oxygen atoms in total. The molecular formula is C16H28O2. The maximum absolute atomic E-state index is 8.75. The molecule has 0 aliphatic rings. The van der Waals surface area contributed by atoms with Crippen molar-refractivity contribution in [3.63, 3.8) is 0 Å². The largest absolute Gasteiger partial charge is 0.396 e. The minimum absolute atomic E-state index is 0.00632. The van der Waals surface area contributed by atoms with Crippen LogP contribution in [0.4, 0.5) is 0 Å². The van der Waals surface area contributed by atoms with E-state index in [1.165, 1.54) is 0 Å². The van der Waals surface area contributed by atoms with Gasteiger partial charge in [0.05, 0.1) is 0 Å². The van der Waals surface area contributed by atoms with Gasteiger partial charge in [0.15, 0.2) is 0 Å². The molecule has 0 unspecified atom stereocenters. The van der Waals surface area contributed by atoms with Gasteiger partial charge in [0.2, 0.25) is 0 Å². The molecule has 0 fully saturated rings.